The van der Waals surface area contributed by atoms with Crippen molar-refractivity contribution in [2.45, 2.75) is 16.6 Å². The van der Waals surface area contributed by atoms with E-state index in [0.29, 0.717) is 16.9 Å². The number of benzene rings is 2. The second kappa shape index (κ2) is 5.78. The molecule has 4 heteroatoms. The van der Waals surface area contributed by atoms with Gasteiger partial charge in [-0.1, -0.05) is 45.7 Å². The smallest absolute Gasteiger partial charge is 0.138 e. The highest BCUT2D eigenvalue weighted by molar-refractivity contribution is 9.10. The molecule has 1 unspecified atom stereocenters. The highest BCUT2D eigenvalue weighted by atomic mass is 79.9. The SMILES string of the molecule is Clc1cc(Br)ccc1OCC1Cc2ccccc2S1. The molecule has 0 aromatic heterocycles. The van der Waals surface area contributed by atoms with Crippen molar-refractivity contribution in [3.05, 3.63) is 57.5 Å². The molecule has 3 rings (SSSR count). The minimum Gasteiger partial charge on any atom is -0.491 e. The quantitative estimate of drug-likeness (QED) is 0.748. The second-order valence-electron chi connectivity index (χ2n) is 4.44. The Morgan fingerprint density at radius 1 is 1.26 bits per heavy atom. The Hall–Kier alpha value is -0.640. The van der Waals surface area contributed by atoms with E-state index in [-0.39, 0.29) is 0 Å². The van der Waals surface area contributed by atoms with Crippen LogP contribution >= 0.6 is 39.3 Å². The maximum Gasteiger partial charge on any atom is 0.138 e. The summed E-state index contributed by atoms with van der Waals surface area (Å²) in [5.74, 6) is 0.751. The van der Waals surface area contributed by atoms with Crippen molar-refractivity contribution in [3.63, 3.8) is 0 Å². The maximum atomic E-state index is 6.14. The molecule has 98 valence electrons. The summed E-state index contributed by atoms with van der Waals surface area (Å²) in [7, 11) is 0. The van der Waals surface area contributed by atoms with Crippen molar-refractivity contribution in [1.29, 1.82) is 0 Å². The van der Waals surface area contributed by atoms with Crippen molar-refractivity contribution in [2.24, 2.45) is 0 Å². The average molecular weight is 356 g/mol. The zero-order chi connectivity index (χ0) is 13.2. The molecule has 0 aliphatic carbocycles. The Morgan fingerprint density at radius 2 is 2.11 bits per heavy atom. The summed E-state index contributed by atoms with van der Waals surface area (Å²) in [6.07, 6.45) is 1.06. The molecule has 1 atom stereocenters. The maximum absolute atomic E-state index is 6.14. The third kappa shape index (κ3) is 3.10. The molecule has 0 fully saturated rings. The van der Waals surface area contributed by atoms with Gasteiger partial charge in [-0.25, -0.2) is 0 Å². The fourth-order valence-corrected chi connectivity index (χ4v) is 4.07. The van der Waals surface area contributed by atoms with E-state index in [1.165, 1.54) is 10.5 Å². The monoisotopic (exact) mass is 354 g/mol. The lowest BCUT2D eigenvalue weighted by atomic mass is 10.1. The highest BCUT2D eigenvalue weighted by Crippen LogP contribution is 2.37. The van der Waals surface area contributed by atoms with Gasteiger partial charge < -0.3 is 4.74 Å². The standard InChI is InChI=1S/C15H12BrClOS/c16-11-5-6-14(13(17)8-11)18-9-12-7-10-3-1-2-4-15(10)19-12/h1-6,8,12H,7,9H2. The van der Waals surface area contributed by atoms with E-state index in [1.54, 1.807) is 0 Å². The number of thioether (sulfide) groups is 1. The Labute approximate surface area is 130 Å². The molecule has 0 radical (unpaired) electrons. The van der Waals surface area contributed by atoms with E-state index in [2.05, 4.69) is 40.2 Å². The minimum atomic E-state index is 0.470. The van der Waals surface area contributed by atoms with Crippen LogP contribution in [0, 0.1) is 0 Å². The summed E-state index contributed by atoms with van der Waals surface area (Å²) in [6.45, 7) is 0.681. The number of hydrogen-bond donors (Lipinski definition) is 0. The third-order valence-electron chi connectivity index (χ3n) is 3.03. The van der Waals surface area contributed by atoms with Gasteiger partial charge in [-0.3, -0.25) is 0 Å². The van der Waals surface area contributed by atoms with E-state index in [1.807, 2.05) is 30.0 Å². The first kappa shape index (κ1) is 13.3. The zero-order valence-electron chi connectivity index (χ0n) is 10.1. The van der Waals surface area contributed by atoms with Crippen LogP contribution in [0.2, 0.25) is 5.02 Å². The largest absolute Gasteiger partial charge is 0.491 e. The molecule has 0 amide bonds. The van der Waals surface area contributed by atoms with Gasteiger partial charge in [-0.15, -0.1) is 11.8 Å². The van der Waals surface area contributed by atoms with Gasteiger partial charge in [-0.2, -0.15) is 0 Å². The minimum absolute atomic E-state index is 0.470. The first-order valence-corrected chi connectivity index (χ1v) is 8.10. The lowest BCUT2D eigenvalue weighted by Crippen LogP contribution is -2.13. The molecule has 1 heterocycles. The molecule has 19 heavy (non-hydrogen) atoms. The van der Waals surface area contributed by atoms with Gasteiger partial charge in [-0.05, 0) is 36.2 Å². The van der Waals surface area contributed by atoms with Crippen LogP contribution in [0.25, 0.3) is 0 Å². The zero-order valence-corrected chi connectivity index (χ0v) is 13.3. The Balaban J connectivity index is 1.63. The summed E-state index contributed by atoms with van der Waals surface area (Å²) >= 11 is 11.4. The molecular weight excluding hydrogens is 344 g/mol. The molecule has 1 aliphatic rings. The molecule has 0 bridgehead atoms. The summed E-state index contributed by atoms with van der Waals surface area (Å²) in [5, 5.41) is 1.12. The van der Waals surface area contributed by atoms with Crippen LogP contribution in [0.4, 0.5) is 0 Å². The normalized spacial score (nSPS) is 17.3. The summed E-state index contributed by atoms with van der Waals surface area (Å²) < 4.78 is 6.80. The van der Waals surface area contributed by atoms with E-state index < -0.39 is 0 Å². The molecule has 0 saturated carbocycles. The summed E-state index contributed by atoms with van der Waals surface area (Å²) in [4.78, 5) is 1.37. The van der Waals surface area contributed by atoms with Crippen LogP contribution in [0.1, 0.15) is 5.56 Å². The summed E-state index contributed by atoms with van der Waals surface area (Å²) in [5.41, 5.74) is 1.42. The number of rotatable bonds is 3. The van der Waals surface area contributed by atoms with Gasteiger partial charge in [0.15, 0.2) is 0 Å². The van der Waals surface area contributed by atoms with Crippen LogP contribution in [-0.2, 0) is 6.42 Å². The van der Waals surface area contributed by atoms with Crippen LogP contribution in [0.3, 0.4) is 0 Å². The fourth-order valence-electron chi connectivity index (χ4n) is 2.12. The molecule has 0 saturated heterocycles. The topological polar surface area (TPSA) is 9.23 Å². The Bertz CT molecular complexity index is 577. The van der Waals surface area contributed by atoms with Crippen molar-refractivity contribution in [3.8, 4) is 5.75 Å². The molecule has 1 nitrogen and oxygen atoms in total. The number of hydrogen-bond acceptors (Lipinski definition) is 2. The van der Waals surface area contributed by atoms with E-state index in [9.17, 15) is 0 Å². The van der Waals surface area contributed by atoms with Crippen LogP contribution in [-0.4, -0.2) is 11.9 Å². The molecule has 2 aromatic rings. The van der Waals surface area contributed by atoms with Crippen molar-refractivity contribution in [1.82, 2.24) is 0 Å². The van der Waals surface area contributed by atoms with Crippen molar-refractivity contribution in [2.75, 3.05) is 6.61 Å². The Morgan fingerprint density at radius 3 is 2.89 bits per heavy atom. The fraction of sp³-hybridized carbons (Fsp3) is 0.200. The van der Waals surface area contributed by atoms with Crippen LogP contribution in [0.15, 0.2) is 51.8 Å². The Kier molecular flexibility index (Phi) is 4.06. The van der Waals surface area contributed by atoms with Crippen molar-refractivity contribution >= 4 is 39.3 Å². The van der Waals surface area contributed by atoms with Crippen LogP contribution in [0.5, 0.6) is 5.75 Å². The van der Waals surface area contributed by atoms with Gasteiger partial charge in [0.1, 0.15) is 12.4 Å². The first-order chi connectivity index (χ1) is 9.22. The van der Waals surface area contributed by atoms with Crippen LogP contribution < -0.4 is 4.74 Å². The third-order valence-corrected chi connectivity index (χ3v) is 5.11. The van der Waals surface area contributed by atoms with E-state index >= 15 is 0 Å². The van der Waals surface area contributed by atoms with Crippen molar-refractivity contribution < 1.29 is 4.74 Å². The number of halogens is 2. The molecule has 0 N–H and O–H groups in total. The van der Waals surface area contributed by atoms with Gasteiger partial charge in [0.2, 0.25) is 0 Å². The highest BCUT2D eigenvalue weighted by Gasteiger charge is 2.22. The lowest BCUT2D eigenvalue weighted by Gasteiger charge is -2.12. The molecule has 1 aliphatic heterocycles. The predicted octanol–water partition coefficient (Wildman–Crippen LogP) is 5.20. The molecule has 0 spiro atoms. The predicted molar refractivity (Wildman–Crippen MR) is 84.4 cm³/mol. The number of fused-ring (bicyclic) bond motifs is 1. The van der Waals surface area contributed by atoms with Gasteiger partial charge in [0, 0.05) is 14.6 Å². The summed E-state index contributed by atoms with van der Waals surface area (Å²) in [6, 6.07) is 14.2. The second-order valence-corrected chi connectivity index (χ2v) is 7.10. The average Bonchev–Trinajstić information content (AvgIpc) is 2.80. The lowest BCUT2D eigenvalue weighted by molar-refractivity contribution is 0.318. The first-order valence-electron chi connectivity index (χ1n) is 6.05. The van der Waals surface area contributed by atoms with Gasteiger partial charge in [0.25, 0.3) is 0 Å². The number of ether oxygens (including phenoxy) is 1. The van der Waals surface area contributed by atoms with E-state index in [0.717, 1.165) is 16.6 Å². The van der Waals surface area contributed by atoms with Gasteiger partial charge >= 0.3 is 0 Å². The molecular formula is C15H12BrClOS. The molecule has 2 aromatic carbocycles. The van der Waals surface area contributed by atoms with Gasteiger partial charge in [0.05, 0.1) is 5.02 Å². The van der Waals surface area contributed by atoms with E-state index in [4.69, 9.17) is 16.3 Å².